The molecule has 0 aliphatic rings. The molecule has 0 aliphatic heterocycles. The molecule has 3 aromatic rings. The number of aromatic nitrogens is 4. The quantitative estimate of drug-likeness (QED) is 0.728. The normalized spacial score (nSPS) is 11.0. The molecule has 0 fully saturated rings. The summed E-state index contributed by atoms with van der Waals surface area (Å²) in [7, 11) is 0. The van der Waals surface area contributed by atoms with Gasteiger partial charge in [-0.2, -0.15) is 0 Å². The van der Waals surface area contributed by atoms with Crippen LogP contribution in [-0.2, 0) is 0 Å². The third-order valence-electron chi connectivity index (χ3n) is 2.75. The van der Waals surface area contributed by atoms with Crippen LogP contribution in [0.2, 0.25) is 5.02 Å². The molecular weight excluding hydrogens is 252 g/mol. The molecule has 0 radical (unpaired) electrons. The van der Waals surface area contributed by atoms with Crippen LogP contribution in [0.15, 0.2) is 35.5 Å². The highest BCUT2D eigenvalue weighted by molar-refractivity contribution is 6.30. The monoisotopic (exact) mass is 260 g/mol. The third kappa shape index (κ3) is 1.69. The summed E-state index contributed by atoms with van der Waals surface area (Å²) in [6.07, 6.45) is 2.97. The van der Waals surface area contributed by atoms with Gasteiger partial charge in [-0.1, -0.05) is 17.7 Å². The third-order valence-corrected chi connectivity index (χ3v) is 2.98. The van der Waals surface area contributed by atoms with Crippen LogP contribution in [0.25, 0.3) is 16.9 Å². The average molecular weight is 261 g/mol. The smallest absolute Gasteiger partial charge is 0.277 e. The van der Waals surface area contributed by atoms with Crippen molar-refractivity contribution in [1.29, 1.82) is 0 Å². The van der Waals surface area contributed by atoms with E-state index in [9.17, 15) is 4.79 Å². The van der Waals surface area contributed by atoms with Crippen molar-refractivity contribution in [2.24, 2.45) is 0 Å². The first kappa shape index (κ1) is 11.0. The van der Waals surface area contributed by atoms with Crippen LogP contribution in [-0.4, -0.2) is 19.6 Å². The molecule has 18 heavy (non-hydrogen) atoms. The van der Waals surface area contributed by atoms with E-state index < -0.39 is 0 Å². The van der Waals surface area contributed by atoms with Crippen LogP contribution >= 0.6 is 11.6 Å². The Morgan fingerprint density at radius 1 is 1.39 bits per heavy atom. The van der Waals surface area contributed by atoms with Gasteiger partial charge < -0.3 is 4.98 Å². The average Bonchev–Trinajstić information content (AvgIpc) is 2.81. The Morgan fingerprint density at radius 3 is 3.06 bits per heavy atom. The Morgan fingerprint density at radius 2 is 2.22 bits per heavy atom. The first-order valence-corrected chi connectivity index (χ1v) is 5.72. The largest absolute Gasteiger partial charge is 0.303 e. The summed E-state index contributed by atoms with van der Waals surface area (Å²) in [5.74, 6) is 0.477. The van der Waals surface area contributed by atoms with Crippen molar-refractivity contribution < 1.29 is 0 Å². The summed E-state index contributed by atoms with van der Waals surface area (Å²) in [6.45, 7) is 1.93. The molecule has 6 heteroatoms. The highest BCUT2D eigenvalue weighted by Crippen LogP contribution is 2.22. The van der Waals surface area contributed by atoms with Gasteiger partial charge in [0.15, 0.2) is 5.82 Å². The Kier molecular flexibility index (Phi) is 2.41. The number of nitrogens with zero attached hydrogens (tertiary/aromatic N) is 3. The molecule has 0 aliphatic carbocycles. The molecule has 0 saturated carbocycles. The lowest BCUT2D eigenvalue weighted by Crippen LogP contribution is -2.13. The van der Waals surface area contributed by atoms with Crippen LogP contribution < -0.4 is 5.56 Å². The van der Waals surface area contributed by atoms with E-state index in [2.05, 4.69) is 15.1 Å². The Hall–Kier alpha value is -2.14. The minimum Gasteiger partial charge on any atom is -0.303 e. The van der Waals surface area contributed by atoms with Gasteiger partial charge in [-0.25, -0.2) is 9.50 Å². The van der Waals surface area contributed by atoms with E-state index in [1.165, 1.54) is 17.0 Å². The van der Waals surface area contributed by atoms with E-state index in [0.29, 0.717) is 16.4 Å². The number of H-pyrrole nitrogens is 1. The maximum atomic E-state index is 11.8. The number of rotatable bonds is 1. The van der Waals surface area contributed by atoms with Crippen LogP contribution in [0.4, 0.5) is 0 Å². The summed E-state index contributed by atoms with van der Waals surface area (Å²) in [5.41, 5.74) is 1.98. The number of imidazole rings is 1. The Labute approximate surface area is 107 Å². The first-order chi connectivity index (χ1) is 8.65. The summed E-state index contributed by atoms with van der Waals surface area (Å²) in [6, 6.07) is 5.46. The number of fused-ring (bicyclic) bond motifs is 1. The standard InChI is InChI=1S/C12H9ClN4O/c1-7-2-3-8(13)4-9(7)11-15-12(18)10-5-14-6-17(10)16-11/h2-6H,1H3,(H,15,16,18). The molecule has 0 amide bonds. The second kappa shape index (κ2) is 3.96. The number of benzene rings is 1. The van der Waals surface area contributed by atoms with Crippen LogP contribution in [0, 0.1) is 6.92 Å². The number of nitrogens with one attached hydrogen (secondary N) is 1. The molecule has 0 spiro atoms. The van der Waals surface area contributed by atoms with E-state index in [0.717, 1.165) is 11.1 Å². The van der Waals surface area contributed by atoms with Crippen LogP contribution in [0.1, 0.15) is 5.56 Å². The lowest BCUT2D eigenvalue weighted by Gasteiger charge is -2.05. The molecule has 1 aromatic carbocycles. The van der Waals surface area contributed by atoms with E-state index in [-0.39, 0.29) is 5.56 Å². The zero-order valence-corrected chi connectivity index (χ0v) is 10.3. The minimum atomic E-state index is -0.225. The van der Waals surface area contributed by atoms with E-state index in [1.54, 1.807) is 12.1 Å². The van der Waals surface area contributed by atoms with Crippen molar-refractivity contribution >= 4 is 17.1 Å². The lowest BCUT2D eigenvalue weighted by atomic mass is 10.1. The van der Waals surface area contributed by atoms with Crippen molar-refractivity contribution in [2.75, 3.05) is 0 Å². The highest BCUT2D eigenvalue weighted by Gasteiger charge is 2.08. The van der Waals surface area contributed by atoms with Gasteiger partial charge in [0.1, 0.15) is 11.8 Å². The van der Waals surface area contributed by atoms with Crippen LogP contribution in [0.3, 0.4) is 0 Å². The molecule has 90 valence electrons. The van der Waals surface area contributed by atoms with Gasteiger partial charge in [0.25, 0.3) is 5.56 Å². The molecule has 0 saturated heterocycles. The minimum absolute atomic E-state index is 0.225. The number of hydrogen-bond acceptors (Lipinski definition) is 3. The fourth-order valence-corrected chi connectivity index (χ4v) is 1.98. The zero-order valence-electron chi connectivity index (χ0n) is 9.51. The lowest BCUT2D eigenvalue weighted by molar-refractivity contribution is 0.888. The second-order valence-corrected chi connectivity index (χ2v) is 4.42. The van der Waals surface area contributed by atoms with Gasteiger partial charge in [-0.15, -0.1) is 5.10 Å². The molecule has 0 bridgehead atoms. The van der Waals surface area contributed by atoms with E-state index in [1.807, 2.05) is 13.0 Å². The van der Waals surface area contributed by atoms with Gasteiger partial charge in [-0.3, -0.25) is 4.79 Å². The number of hydrogen-bond donors (Lipinski definition) is 1. The van der Waals surface area contributed by atoms with Crippen molar-refractivity contribution in [1.82, 2.24) is 19.6 Å². The van der Waals surface area contributed by atoms with Crippen molar-refractivity contribution in [2.45, 2.75) is 6.92 Å². The maximum absolute atomic E-state index is 11.8. The summed E-state index contributed by atoms with van der Waals surface area (Å²) in [5, 5.41) is 4.91. The topological polar surface area (TPSA) is 63.1 Å². The van der Waals surface area contributed by atoms with Crippen molar-refractivity contribution in [3.63, 3.8) is 0 Å². The Bertz CT molecular complexity index is 790. The van der Waals surface area contributed by atoms with Crippen molar-refractivity contribution in [3.8, 4) is 11.4 Å². The number of aryl methyl sites for hydroxylation is 1. The van der Waals surface area contributed by atoms with Crippen LogP contribution in [0.5, 0.6) is 0 Å². The van der Waals surface area contributed by atoms with Gasteiger partial charge in [0, 0.05) is 10.6 Å². The van der Waals surface area contributed by atoms with Gasteiger partial charge in [0.05, 0.1) is 6.20 Å². The second-order valence-electron chi connectivity index (χ2n) is 3.99. The van der Waals surface area contributed by atoms with E-state index in [4.69, 9.17) is 11.6 Å². The molecule has 1 N–H and O–H groups in total. The fourth-order valence-electron chi connectivity index (χ4n) is 1.81. The molecule has 2 heterocycles. The van der Waals surface area contributed by atoms with Crippen molar-refractivity contribution in [3.05, 3.63) is 51.7 Å². The summed E-state index contributed by atoms with van der Waals surface area (Å²) in [4.78, 5) is 18.5. The van der Waals surface area contributed by atoms with Gasteiger partial charge in [-0.05, 0) is 24.6 Å². The SMILES string of the molecule is Cc1ccc(Cl)cc1-c1nn2cncc2c(=O)[nH]1. The first-order valence-electron chi connectivity index (χ1n) is 5.34. The molecule has 2 aromatic heterocycles. The molecule has 0 unspecified atom stereocenters. The van der Waals surface area contributed by atoms with E-state index >= 15 is 0 Å². The molecule has 0 atom stereocenters. The maximum Gasteiger partial charge on any atom is 0.277 e. The fraction of sp³-hybridized carbons (Fsp3) is 0.0833. The summed E-state index contributed by atoms with van der Waals surface area (Å²) >= 11 is 5.96. The zero-order chi connectivity index (χ0) is 12.7. The van der Waals surface area contributed by atoms with Gasteiger partial charge in [0.2, 0.25) is 0 Å². The van der Waals surface area contributed by atoms with Gasteiger partial charge >= 0.3 is 0 Å². The predicted molar refractivity (Wildman–Crippen MR) is 68.8 cm³/mol. The molecule has 5 nitrogen and oxygen atoms in total. The number of aromatic amines is 1. The Balaban J connectivity index is 2.31. The predicted octanol–water partition coefficient (Wildman–Crippen LogP) is 2.05. The number of halogens is 1. The summed E-state index contributed by atoms with van der Waals surface area (Å²) < 4.78 is 1.45. The molecule has 3 rings (SSSR count). The molecular formula is C12H9ClN4O. The highest BCUT2D eigenvalue weighted by atomic mass is 35.5.